The van der Waals surface area contributed by atoms with Crippen molar-refractivity contribution in [1.29, 1.82) is 0 Å². The fraction of sp³-hybridized carbons (Fsp3) is 0.741. The molecule has 0 radical (unpaired) electrons. The van der Waals surface area contributed by atoms with Crippen LogP contribution in [-0.4, -0.2) is 65.7 Å². The molecule has 3 unspecified atom stereocenters. The Labute approximate surface area is 397 Å². The lowest BCUT2D eigenvalue weighted by Gasteiger charge is -2.20. The average Bonchev–Trinajstić information content (AvgIpc) is 3.30. The van der Waals surface area contributed by atoms with Crippen molar-refractivity contribution in [3.05, 3.63) is 72.9 Å². The second-order valence-corrected chi connectivity index (χ2v) is 18.6. The van der Waals surface area contributed by atoms with Gasteiger partial charge in [0.2, 0.25) is 0 Å². The number of carbonyl (C=O) groups excluding carboxylic acids is 2. The number of phosphoric ester groups is 1. The summed E-state index contributed by atoms with van der Waals surface area (Å²) < 4.78 is 32.7. The molecule has 0 aromatic carbocycles. The average molecular weight is 935 g/mol. The van der Waals surface area contributed by atoms with E-state index < -0.39 is 58.4 Å². The van der Waals surface area contributed by atoms with Gasteiger partial charge < -0.3 is 24.6 Å². The first-order chi connectivity index (χ1) is 31.8. The van der Waals surface area contributed by atoms with E-state index in [0.29, 0.717) is 12.8 Å². The molecule has 0 fully saturated rings. The number of unbranched alkanes of at least 4 members (excludes halogenated alkanes) is 22. The van der Waals surface area contributed by atoms with Crippen LogP contribution in [0.25, 0.3) is 0 Å². The predicted octanol–water partition coefficient (Wildman–Crippen LogP) is 14.8. The first kappa shape index (κ1) is 62.4. The molecule has 0 saturated carbocycles. The van der Waals surface area contributed by atoms with Gasteiger partial charge in [-0.1, -0.05) is 196 Å². The number of hydrogen-bond acceptors (Lipinski definition) is 9. The van der Waals surface area contributed by atoms with Crippen molar-refractivity contribution in [1.82, 2.24) is 0 Å². The third kappa shape index (κ3) is 47.7. The maximum atomic E-state index is 12.4. The van der Waals surface area contributed by atoms with Gasteiger partial charge in [0.25, 0.3) is 0 Å². The standard InChI is InChI=1S/C54H95O10P/c1-3-5-7-9-11-13-15-17-19-21-23-24-25-26-28-30-32-34-36-38-40-42-44-46-54(58)64-52(48-56)50-62-65(59,60)61-49-51(47-55)63-53(57)45-43-41-39-37-35-33-31-29-27-22-20-18-16-14-12-10-8-6-4-2/h6,8,12,14,18,20-21,23,27,29,33,35,51-52,55-56H,3-5,7,9-11,13,15-17,19,22,24-26,28,30-32,34,36-50H2,1-2H3,(H,59,60)/b8-6-,14-12-,20-18-,23-21-,29-27-,35-33-. The molecule has 0 aliphatic rings. The fourth-order valence-corrected chi connectivity index (χ4v) is 7.74. The van der Waals surface area contributed by atoms with Crippen LogP contribution in [0.4, 0.5) is 0 Å². The van der Waals surface area contributed by atoms with E-state index in [4.69, 9.17) is 18.5 Å². The maximum Gasteiger partial charge on any atom is 0.472 e. The van der Waals surface area contributed by atoms with E-state index in [1.165, 1.54) is 109 Å². The van der Waals surface area contributed by atoms with Crippen molar-refractivity contribution in [2.24, 2.45) is 0 Å². The second kappa shape index (κ2) is 49.3. The van der Waals surface area contributed by atoms with Gasteiger partial charge in [0.1, 0.15) is 12.2 Å². The van der Waals surface area contributed by atoms with Crippen LogP contribution in [0.15, 0.2) is 72.9 Å². The fourth-order valence-electron chi connectivity index (χ4n) is 6.96. The number of ether oxygens (including phenoxy) is 2. The van der Waals surface area contributed by atoms with Crippen molar-refractivity contribution in [2.45, 2.75) is 232 Å². The minimum Gasteiger partial charge on any atom is -0.457 e. The van der Waals surface area contributed by atoms with Gasteiger partial charge in [0, 0.05) is 12.8 Å². The number of aliphatic hydroxyl groups excluding tert-OH is 2. The van der Waals surface area contributed by atoms with Crippen LogP contribution < -0.4 is 0 Å². The SMILES string of the molecule is CC/C=C\C/C=C\C/C=C\C/C=C\C/C=C\CCCCCC(=O)OC(CO)COP(=O)(O)OCC(CO)OC(=O)CCCCCCCCCCCCC/C=C\CCCCCCCCCC. The van der Waals surface area contributed by atoms with Crippen LogP contribution in [0, 0.1) is 0 Å². The molecule has 0 spiro atoms. The van der Waals surface area contributed by atoms with Gasteiger partial charge in [-0.2, -0.15) is 0 Å². The molecule has 65 heavy (non-hydrogen) atoms. The number of hydrogen-bond donors (Lipinski definition) is 3. The first-order valence-electron chi connectivity index (χ1n) is 25.9. The summed E-state index contributed by atoms with van der Waals surface area (Å²) in [7, 11) is -4.66. The number of phosphoric acid groups is 1. The highest BCUT2D eigenvalue weighted by Crippen LogP contribution is 2.43. The molecule has 0 aromatic rings. The Bertz CT molecular complexity index is 1310. The van der Waals surface area contributed by atoms with Crippen molar-refractivity contribution in [2.75, 3.05) is 26.4 Å². The number of allylic oxidation sites excluding steroid dienone is 12. The van der Waals surface area contributed by atoms with Crippen LogP contribution in [0.5, 0.6) is 0 Å². The third-order valence-corrected chi connectivity index (χ3v) is 11.9. The Morgan fingerprint density at radius 2 is 0.723 bits per heavy atom. The van der Waals surface area contributed by atoms with Crippen LogP contribution in [0.1, 0.15) is 219 Å². The molecule has 11 heteroatoms. The summed E-state index contributed by atoms with van der Waals surface area (Å²) in [5, 5.41) is 19.3. The maximum absolute atomic E-state index is 12.4. The Kier molecular flexibility index (Phi) is 47.4. The third-order valence-electron chi connectivity index (χ3n) is 10.9. The summed E-state index contributed by atoms with van der Waals surface area (Å²) in [6, 6.07) is 0. The van der Waals surface area contributed by atoms with E-state index in [1.54, 1.807) is 0 Å². The molecule has 376 valence electrons. The summed E-state index contributed by atoms with van der Waals surface area (Å²) >= 11 is 0. The van der Waals surface area contributed by atoms with E-state index in [2.05, 4.69) is 86.8 Å². The summed E-state index contributed by atoms with van der Waals surface area (Å²) in [6.45, 7) is 2.08. The Morgan fingerprint density at radius 3 is 1.08 bits per heavy atom. The van der Waals surface area contributed by atoms with Gasteiger partial charge >= 0.3 is 19.8 Å². The monoisotopic (exact) mass is 935 g/mol. The summed E-state index contributed by atoms with van der Waals surface area (Å²) in [5.74, 6) is -1.05. The van der Waals surface area contributed by atoms with E-state index in [9.17, 15) is 29.3 Å². The molecule has 0 amide bonds. The Hall–Kier alpha value is -2.59. The normalized spacial score (nSPS) is 14.2. The van der Waals surface area contributed by atoms with Crippen LogP contribution >= 0.6 is 7.82 Å². The predicted molar refractivity (Wildman–Crippen MR) is 270 cm³/mol. The second-order valence-electron chi connectivity index (χ2n) is 17.1. The van der Waals surface area contributed by atoms with E-state index in [0.717, 1.165) is 70.6 Å². The largest absolute Gasteiger partial charge is 0.472 e. The molecule has 0 aliphatic carbocycles. The molecule has 3 N–H and O–H groups in total. The quantitative estimate of drug-likeness (QED) is 0.0233. The molecule has 0 saturated heterocycles. The zero-order valence-electron chi connectivity index (χ0n) is 41.2. The molecule has 0 aromatic heterocycles. The summed E-state index contributed by atoms with van der Waals surface area (Å²) in [4.78, 5) is 34.7. The molecule has 3 atom stereocenters. The number of esters is 2. The lowest BCUT2D eigenvalue weighted by atomic mass is 10.0. The molecule has 0 aliphatic heterocycles. The Morgan fingerprint density at radius 1 is 0.431 bits per heavy atom. The van der Waals surface area contributed by atoms with Crippen molar-refractivity contribution in [3.8, 4) is 0 Å². The smallest absolute Gasteiger partial charge is 0.457 e. The van der Waals surface area contributed by atoms with Crippen molar-refractivity contribution in [3.63, 3.8) is 0 Å². The van der Waals surface area contributed by atoms with Gasteiger partial charge in [0.15, 0.2) is 0 Å². The van der Waals surface area contributed by atoms with Crippen molar-refractivity contribution >= 4 is 19.8 Å². The van der Waals surface area contributed by atoms with Gasteiger partial charge in [-0.15, -0.1) is 0 Å². The van der Waals surface area contributed by atoms with Crippen LogP contribution in [0.3, 0.4) is 0 Å². The zero-order valence-corrected chi connectivity index (χ0v) is 42.1. The number of aliphatic hydroxyl groups is 2. The number of rotatable bonds is 48. The minimum atomic E-state index is -4.66. The highest BCUT2D eigenvalue weighted by molar-refractivity contribution is 7.47. The Balaban J connectivity index is 3.88. The van der Waals surface area contributed by atoms with E-state index in [1.807, 2.05) is 0 Å². The zero-order chi connectivity index (χ0) is 47.6. The number of carbonyl (C=O) groups is 2. The van der Waals surface area contributed by atoms with Crippen LogP contribution in [0.2, 0.25) is 0 Å². The summed E-state index contributed by atoms with van der Waals surface area (Å²) in [6.07, 6.45) is 58.8. The highest BCUT2D eigenvalue weighted by Gasteiger charge is 2.27. The van der Waals surface area contributed by atoms with Gasteiger partial charge in [0.05, 0.1) is 26.4 Å². The van der Waals surface area contributed by atoms with E-state index >= 15 is 0 Å². The molecule has 0 heterocycles. The lowest BCUT2D eigenvalue weighted by Crippen LogP contribution is -2.28. The minimum absolute atomic E-state index is 0.150. The lowest BCUT2D eigenvalue weighted by molar-refractivity contribution is -0.153. The summed E-state index contributed by atoms with van der Waals surface area (Å²) in [5.41, 5.74) is 0. The molecular weight excluding hydrogens is 840 g/mol. The molecule has 0 rings (SSSR count). The van der Waals surface area contributed by atoms with Crippen molar-refractivity contribution < 1.29 is 47.8 Å². The van der Waals surface area contributed by atoms with E-state index in [-0.39, 0.29) is 12.8 Å². The molecule has 10 nitrogen and oxygen atoms in total. The molecule has 0 bridgehead atoms. The van der Waals surface area contributed by atoms with Gasteiger partial charge in [-0.05, 0) is 83.5 Å². The van der Waals surface area contributed by atoms with Gasteiger partial charge in [-0.25, -0.2) is 4.57 Å². The molecular formula is C54H95O10P. The van der Waals surface area contributed by atoms with Crippen LogP contribution in [-0.2, 0) is 32.7 Å². The first-order valence-corrected chi connectivity index (χ1v) is 27.4. The topological polar surface area (TPSA) is 149 Å². The van der Waals surface area contributed by atoms with Gasteiger partial charge in [-0.3, -0.25) is 18.6 Å². The highest BCUT2D eigenvalue weighted by atomic mass is 31.2.